The summed E-state index contributed by atoms with van der Waals surface area (Å²) >= 11 is 0. The lowest BCUT2D eigenvalue weighted by Gasteiger charge is -2.20. The molecule has 0 aliphatic carbocycles. The van der Waals surface area contributed by atoms with Gasteiger partial charge in [0.25, 0.3) is 0 Å². The number of hydrogen-bond acceptors (Lipinski definition) is 9. The summed E-state index contributed by atoms with van der Waals surface area (Å²) in [5, 5.41) is 18.3. The number of phosphoric acid groups is 1. The summed E-state index contributed by atoms with van der Waals surface area (Å²) in [6, 6.07) is 0. The van der Waals surface area contributed by atoms with Gasteiger partial charge in [-0.3, -0.25) is 18.6 Å². The molecule has 0 fully saturated rings. The molecule has 0 radical (unpaired) electrons. The summed E-state index contributed by atoms with van der Waals surface area (Å²) < 4.78 is 32.6. The molecule has 3 atom stereocenters. The van der Waals surface area contributed by atoms with Crippen molar-refractivity contribution in [3.8, 4) is 0 Å². The number of rotatable bonds is 40. The SMILES string of the molecule is CCCC/C=C\CCCCCCCC(=O)OCC(COP(=O)(O)OCC(O)CO)OC(=O)CCCCCCCCCCC/C=C\CCCCCCCC. The maximum absolute atomic E-state index is 12.6. The molecule has 10 nitrogen and oxygen atoms in total. The minimum atomic E-state index is -4.61. The summed E-state index contributed by atoms with van der Waals surface area (Å²) in [4.78, 5) is 34.9. The Morgan fingerprint density at radius 2 is 0.943 bits per heavy atom. The molecule has 53 heavy (non-hydrogen) atoms. The molecule has 0 aliphatic rings. The van der Waals surface area contributed by atoms with Crippen molar-refractivity contribution in [1.29, 1.82) is 0 Å². The van der Waals surface area contributed by atoms with Crippen LogP contribution < -0.4 is 0 Å². The van der Waals surface area contributed by atoms with E-state index in [9.17, 15) is 24.2 Å². The maximum Gasteiger partial charge on any atom is 0.472 e. The summed E-state index contributed by atoms with van der Waals surface area (Å²) in [6.45, 7) is 2.33. The Morgan fingerprint density at radius 3 is 1.42 bits per heavy atom. The summed E-state index contributed by atoms with van der Waals surface area (Å²) in [5.74, 6) is -0.935. The fourth-order valence-electron chi connectivity index (χ4n) is 5.73. The zero-order valence-corrected chi connectivity index (χ0v) is 34.6. The minimum Gasteiger partial charge on any atom is -0.462 e. The van der Waals surface area contributed by atoms with Crippen LogP contribution in [0.1, 0.15) is 194 Å². The zero-order chi connectivity index (χ0) is 39.1. The van der Waals surface area contributed by atoms with Crippen LogP contribution in [0.4, 0.5) is 0 Å². The Balaban J connectivity index is 4.26. The second-order valence-electron chi connectivity index (χ2n) is 14.4. The molecule has 11 heteroatoms. The third-order valence-corrected chi connectivity index (χ3v) is 10.0. The van der Waals surface area contributed by atoms with Gasteiger partial charge in [-0.15, -0.1) is 0 Å². The number of unbranched alkanes of at least 4 members (excludes halogenated alkanes) is 22. The van der Waals surface area contributed by atoms with E-state index in [4.69, 9.17) is 19.1 Å². The highest BCUT2D eigenvalue weighted by atomic mass is 31.2. The number of aliphatic hydroxyl groups is 2. The summed E-state index contributed by atoms with van der Waals surface area (Å²) in [7, 11) is -4.61. The largest absolute Gasteiger partial charge is 0.472 e. The van der Waals surface area contributed by atoms with Crippen molar-refractivity contribution in [3.63, 3.8) is 0 Å². The third-order valence-electron chi connectivity index (χ3n) is 9.08. The van der Waals surface area contributed by atoms with Crippen molar-refractivity contribution in [2.45, 2.75) is 206 Å². The quantitative estimate of drug-likeness (QED) is 0.0238. The molecular weight excluding hydrogens is 695 g/mol. The van der Waals surface area contributed by atoms with E-state index in [1.165, 1.54) is 96.3 Å². The maximum atomic E-state index is 12.6. The van der Waals surface area contributed by atoms with Crippen LogP contribution in [-0.4, -0.2) is 65.7 Å². The average molecular weight is 775 g/mol. The molecule has 0 aromatic rings. The Bertz CT molecular complexity index is 941. The van der Waals surface area contributed by atoms with Crippen LogP contribution in [0.25, 0.3) is 0 Å². The van der Waals surface area contributed by atoms with Crippen molar-refractivity contribution < 1.29 is 47.8 Å². The van der Waals surface area contributed by atoms with Gasteiger partial charge in [0.15, 0.2) is 6.10 Å². The summed E-state index contributed by atoms with van der Waals surface area (Å²) in [6.07, 6.45) is 37.2. The second kappa shape index (κ2) is 38.7. The molecule has 0 heterocycles. The van der Waals surface area contributed by atoms with Gasteiger partial charge in [-0.25, -0.2) is 4.57 Å². The molecule has 0 saturated heterocycles. The van der Waals surface area contributed by atoms with Crippen molar-refractivity contribution >= 4 is 19.8 Å². The van der Waals surface area contributed by atoms with Crippen LogP contribution >= 0.6 is 7.82 Å². The van der Waals surface area contributed by atoms with Crippen molar-refractivity contribution in [1.82, 2.24) is 0 Å². The second-order valence-corrected chi connectivity index (χ2v) is 15.8. The number of aliphatic hydroxyl groups excluding tert-OH is 2. The lowest BCUT2D eigenvalue weighted by molar-refractivity contribution is -0.161. The first kappa shape index (κ1) is 51.5. The lowest BCUT2D eigenvalue weighted by Crippen LogP contribution is -2.29. The topological polar surface area (TPSA) is 149 Å². The predicted molar refractivity (Wildman–Crippen MR) is 215 cm³/mol. The molecule has 312 valence electrons. The van der Waals surface area contributed by atoms with Crippen molar-refractivity contribution in [2.24, 2.45) is 0 Å². The van der Waals surface area contributed by atoms with Crippen LogP contribution in [0.15, 0.2) is 24.3 Å². The molecule has 0 spiro atoms. The highest BCUT2D eigenvalue weighted by Crippen LogP contribution is 2.43. The van der Waals surface area contributed by atoms with E-state index in [1.807, 2.05) is 0 Å². The van der Waals surface area contributed by atoms with Crippen LogP contribution in [-0.2, 0) is 32.7 Å². The van der Waals surface area contributed by atoms with Gasteiger partial charge in [-0.2, -0.15) is 0 Å². The van der Waals surface area contributed by atoms with Crippen molar-refractivity contribution in [3.05, 3.63) is 24.3 Å². The molecular formula is C42H79O10P. The number of carbonyl (C=O) groups is 2. The molecule has 0 aliphatic heterocycles. The van der Waals surface area contributed by atoms with E-state index in [1.54, 1.807) is 0 Å². The van der Waals surface area contributed by atoms with Crippen LogP contribution in [0.2, 0.25) is 0 Å². The minimum absolute atomic E-state index is 0.182. The van der Waals surface area contributed by atoms with Crippen molar-refractivity contribution in [2.75, 3.05) is 26.4 Å². The number of esters is 2. The van der Waals surface area contributed by atoms with E-state index >= 15 is 0 Å². The molecule has 3 N–H and O–H groups in total. The van der Waals surface area contributed by atoms with E-state index < -0.39 is 51.8 Å². The van der Waals surface area contributed by atoms with E-state index in [-0.39, 0.29) is 19.4 Å². The Kier molecular flexibility index (Phi) is 37.6. The van der Waals surface area contributed by atoms with Gasteiger partial charge in [0, 0.05) is 12.8 Å². The molecule has 0 aromatic heterocycles. The van der Waals surface area contributed by atoms with Crippen LogP contribution in [0.5, 0.6) is 0 Å². The smallest absolute Gasteiger partial charge is 0.462 e. The number of phosphoric ester groups is 1. The summed E-state index contributed by atoms with van der Waals surface area (Å²) in [5.41, 5.74) is 0. The first-order chi connectivity index (χ1) is 25.7. The first-order valence-electron chi connectivity index (χ1n) is 21.3. The van der Waals surface area contributed by atoms with Crippen LogP contribution in [0.3, 0.4) is 0 Å². The van der Waals surface area contributed by atoms with Gasteiger partial charge in [-0.1, -0.05) is 147 Å². The molecule has 0 saturated carbocycles. The standard InChI is InChI=1S/C42H79O10P/c1-3-5-7-9-11-13-15-16-17-18-19-20-21-22-24-26-28-30-32-34-42(46)52-40(38-51-53(47,48)50-36-39(44)35-43)37-49-41(45)33-31-29-27-25-23-14-12-10-8-6-4-2/h10,12,16-17,39-40,43-44H,3-9,11,13-15,18-38H2,1-2H3,(H,47,48)/b12-10-,17-16-. The Morgan fingerprint density at radius 1 is 0.547 bits per heavy atom. The Labute approximate surface area is 323 Å². The van der Waals surface area contributed by atoms with Gasteiger partial charge in [-0.05, 0) is 57.8 Å². The fraction of sp³-hybridized carbons (Fsp3) is 0.857. The first-order valence-corrected chi connectivity index (χ1v) is 22.8. The molecule has 3 unspecified atom stereocenters. The third kappa shape index (κ3) is 38.5. The number of allylic oxidation sites excluding steroid dienone is 4. The van der Waals surface area contributed by atoms with Gasteiger partial charge < -0.3 is 24.6 Å². The normalized spacial score (nSPS) is 14.1. The number of carbonyl (C=O) groups excluding carboxylic acids is 2. The number of hydrogen-bond donors (Lipinski definition) is 3. The predicted octanol–water partition coefficient (Wildman–Crippen LogP) is 11.0. The monoisotopic (exact) mass is 775 g/mol. The van der Waals surface area contributed by atoms with Crippen LogP contribution in [0, 0.1) is 0 Å². The fourth-order valence-corrected chi connectivity index (χ4v) is 6.52. The number of ether oxygens (including phenoxy) is 2. The molecule has 0 amide bonds. The van der Waals surface area contributed by atoms with Gasteiger partial charge >= 0.3 is 19.8 Å². The highest BCUT2D eigenvalue weighted by molar-refractivity contribution is 7.47. The molecule has 0 bridgehead atoms. The Hall–Kier alpha value is -1.55. The van der Waals surface area contributed by atoms with E-state index in [2.05, 4.69) is 42.7 Å². The van der Waals surface area contributed by atoms with Gasteiger partial charge in [0.05, 0.1) is 19.8 Å². The van der Waals surface area contributed by atoms with Gasteiger partial charge in [0.1, 0.15) is 12.7 Å². The molecule has 0 aromatic carbocycles. The molecule has 0 rings (SSSR count). The van der Waals surface area contributed by atoms with Gasteiger partial charge in [0.2, 0.25) is 0 Å². The highest BCUT2D eigenvalue weighted by Gasteiger charge is 2.27. The lowest BCUT2D eigenvalue weighted by atomic mass is 10.1. The average Bonchev–Trinajstić information content (AvgIpc) is 3.14. The van der Waals surface area contributed by atoms with E-state index in [0.29, 0.717) is 12.8 Å². The zero-order valence-electron chi connectivity index (χ0n) is 33.7. The van der Waals surface area contributed by atoms with E-state index in [0.717, 1.165) is 57.8 Å².